The van der Waals surface area contributed by atoms with Crippen molar-refractivity contribution in [3.05, 3.63) is 38.6 Å². The van der Waals surface area contributed by atoms with Crippen LogP contribution in [0.5, 0.6) is 0 Å². The average Bonchev–Trinajstić information content (AvgIpc) is 3.11. The fraction of sp³-hybridized carbons (Fsp3) is 0.524. The highest BCUT2D eigenvalue weighted by Gasteiger charge is 2.28. The van der Waals surface area contributed by atoms with Crippen LogP contribution in [-0.4, -0.2) is 58.8 Å². The standard InChI is InChI=1S/C21H26BrN4O4/c22-18-13(12-15-19(17(18)20(23)28)24-21(29)30-15)4-5-16(27)26-10-6-14(7-11-26)25-8-2-1-3-9-25/h5,12,14H,1-4,6-11H2,(H2,23,28)(H,24,29). The fourth-order valence-electron chi connectivity index (χ4n) is 4.56. The summed E-state index contributed by atoms with van der Waals surface area (Å²) < 4.78 is 5.56. The third-order valence-corrected chi connectivity index (χ3v) is 7.06. The van der Waals surface area contributed by atoms with E-state index in [0.29, 0.717) is 22.5 Å². The molecule has 2 aliphatic heterocycles. The summed E-state index contributed by atoms with van der Waals surface area (Å²) in [5.74, 6) is -1.36. The van der Waals surface area contributed by atoms with E-state index >= 15 is 0 Å². The second-order valence-electron chi connectivity index (χ2n) is 8.04. The van der Waals surface area contributed by atoms with Gasteiger partial charge in [0, 0.05) is 23.6 Å². The first-order valence-electron chi connectivity index (χ1n) is 10.4. The summed E-state index contributed by atoms with van der Waals surface area (Å²) in [5, 5.41) is 0. The summed E-state index contributed by atoms with van der Waals surface area (Å²) in [6.45, 7) is 3.88. The van der Waals surface area contributed by atoms with Crippen LogP contribution in [0.4, 0.5) is 0 Å². The second kappa shape index (κ2) is 8.93. The number of carbonyl (C=O) groups is 2. The Bertz CT molecular complexity index is 1000. The van der Waals surface area contributed by atoms with E-state index in [0.717, 1.165) is 25.9 Å². The highest BCUT2D eigenvalue weighted by Crippen LogP contribution is 2.30. The van der Waals surface area contributed by atoms with Crippen LogP contribution in [0.15, 0.2) is 19.8 Å². The van der Waals surface area contributed by atoms with Gasteiger partial charge in [-0.1, -0.05) is 6.42 Å². The molecule has 0 bridgehead atoms. The highest BCUT2D eigenvalue weighted by atomic mass is 79.9. The van der Waals surface area contributed by atoms with Gasteiger partial charge in [-0.3, -0.25) is 14.6 Å². The molecule has 3 N–H and O–H groups in total. The fourth-order valence-corrected chi connectivity index (χ4v) is 5.23. The number of fused-ring (bicyclic) bond motifs is 1. The van der Waals surface area contributed by atoms with Gasteiger partial charge in [-0.25, -0.2) is 4.79 Å². The van der Waals surface area contributed by atoms with Crippen LogP contribution in [0.3, 0.4) is 0 Å². The number of benzene rings is 1. The molecule has 1 aromatic carbocycles. The molecule has 9 heteroatoms. The van der Waals surface area contributed by atoms with E-state index in [1.807, 2.05) is 4.90 Å². The molecule has 0 saturated carbocycles. The van der Waals surface area contributed by atoms with Crippen molar-refractivity contribution >= 4 is 38.8 Å². The second-order valence-corrected chi connectivity index (χ2v) is 8.83. The minimum Gasteiger partial charge on any atom is -0.408 e. The lowest BCUT2D eigenvalue weighted by Gasteiger charge is -2.40. The molecule has 2 fully saturated rings. The number of halogens is 1. The van der Waals surface area contributed by atoms with Crippen LogP contribution in [0.1, 0.15) is 48.0 Å². The molecule has 3 heterocycles. The van der Waals surface area contributed by atoms with Gasteiger partial charge in [-0.2, -0.15) is 0 Å². The van der Waals surface area contributed by atoms with E-state index < -0.39 is 11.7 Å². The van der Waals surface area contributed by atoms with Crippen LogP contribution >= 0.6 is 15.9 Å². The number of amides is 2. The summed E-state index contributed by atoms with van der Waals surface area (Å²) in [6.07, 6.45) is 7.82. The zero-order valence-corrected chi connectivity index (χ0v) is 18.4. The number of oxazole rings is 1. The van der Waals surface area contributed by atoms with Crippen molar-refractivity contribution in [2.45, 2.75) is 44.6 Å². The number of nitrogens with zero attached hydrogens (tertiary/aromatic N) is 2. The van der Waals surface area contributed by atoms with E-state index in [1.54, 1.807) is 12.5 Å². The Hall–Kier alpha value is -2.13. The topological polar surface area (TPSA) is 113 Å². The number of rotatable bonds is 5. The van der Waals surface area contributed by atoms with Crippen molar-refractivity contribution in [1.29, 1.82) is 0 Å². The quantitative estimate of drug-likeness (QED) is 0.685. The number of aromatic nitrogens is 1. The van der Waals surface area contributed by atoms with E-state index in [2.05, 4.69) is 25.8 Å². The summed E-state index contributed by atoms with van der Waals surface area (Å²) in [5.41, 5.74) is 6.80. The average molecular weight is 478 g/mol. The van der Waals surface area contributed by atoms with E-state index in [1.165, 1.54) is 32.4 Å². The van der Waals surface area contributed by atoms with Crippen molar-refractivity contribution in [1.82, 2.24) is 14.8 Å². The Morgan fingerprint density at radius 2 is 1.90 bits per heavy atom. The number of primary amides is 1. The maximum Gasteiger partial charge on any atom is 0.417 e. The van der Waals surface area contributed by atoms with Crippen molar-refractivity contribution in [2.75, 3.05) is 26.2 Å². The third kappa shape index (κ3) is 4.32. The molecule has 4 rings (SSSR count). The summed E-state index contributed by atoms with van der Waals surface area (Å²) >= 11 is 3.40. The van der Waals surface area contributed by atoms with Gasteiger partial charge < -0.3 is 20.0 Å². The van der Waals surface area contributed by atoms with Crippen LogP contribution in [0, 0.1) is 6.42 Å². The monoisotopic (exact) mass is 477 g/mol. The van der Waals surface area contributed by atoms with Gasteiger partial charge in [0.15, 0.2) is 5.58 Å². The molecule has 2 saturated heterocycles. The Labute approximate surface area is 182 Å². The van der Waals surface area contributed by atoms with Crippen molar-refractivity contribution in [3.63, 3.8) is 0 Å². The van der Waals surface area contributed by atoms with Crippen LogP contribution in [-0.2, 0) is 11.2 Å². The Balaban J connectivity index is 1.39. The van der Waals surface area contributed by atoms with Gasteiger partial charge in [0.1, 0.15) is 5.52 Å². The number of carbonyl (C=O) groups excluding carboxylic acids is 2. The van der Waals surface area contributed by atoms with Crippen LogP contribution in [0.2, 0.25) is 0 Å². The number of hydrogen-bond acceptors (Lipinski definition) is 5. The zero-order chi connectivity index (χ0) is 21.3. The molecule has 2 aromatic rings. The molecule has 8 nitrogen and oxygen atoms in total. The first kappa shape index (κ1) is 21.1. The van der Waals surface area contributed by atoms with Crippen molar-refractivity contribution in [3.8, 4) is 0 Å². The van der Waals surface area contributed by atoms with Gasteiger partial charge in [-0.05, 0) is 72.8 Å². The Morgan fingerprint density at radius 1 is 1.20 bits per heavy atom. The number of piperidine rings is 2. The minimum absolute atomic E-state index is 0.0183. The number of hydrogen-bond donors (Lipinski definition) is 2. The van der Waals surface area contributed by atoms with Crippen LogP contribution in [0.25, 0.3) is 11.1 Å². The summed E-state index contributed by atoms with van der Waals surface area (Å²) in [6, 6.07) is 2.23. The molecule has 0 spiro atoms. The van der Waals surface area contributed by atoms with Gasteiger partial charge in [0.25, 0.3) is 5.91 Å². The molecule has 0 atom stereocenters. The zero-order valence-electron chi connectivity index (χ0n) is 16.8. The lowest BCUT2D eigenvalue weighted by Crippen LogP contribution is -2.48. The largest absolute Gasteiger partial charge is 0.417 e. The van der Waals surface area contributed by atoms with Crippen molar-refractivity contribution in [2.24, 2.45) is 5.73 Å². The van der Waals surface area contributed by atoms with Gasteiger partial charge >= 0.3 is 5.76 Å². The lowest BCUT2D eigenvalue weighted by atomic mass is 9.99. The molecule has 1 radical (unpaired) electrons. The van der Waals surface area contributed by atoms with E-state index in [4.69, 9.17) is 10.2 Å². The normalized spacial score (nSPS) is 18.8. The maximum absolute atomic E-state index is 12.7. The highest BCUT2D eigenvalue weighted by molar-refractivity contribution is 9.10. The maximum atomic E-state index is 12.7. The predicted octanol–water partition coefficient (Wildman–Crippen LogP) is 2.21. The number of aromatic amines is 1. The van der Waals surface area contributed by atoms with Gasteiger partial charge in [0.2, 0.25) is 5.91 Å². The Kier molecular flexibility index (Phi) is 6.29. The van der Waals surface area contributed by atoms with E-state index in [9.17, 15) is 14.4 Å². The molecule has 2 amide bonds. The van der Waals surface area contributed by atoms with Gasteiger partial charge in [0.05, 0.1) is 12.0 Å². The summed E-state index contributed by atoms with van der Waals surface area (Å²) in [4.78, 5) is 43.1. The molecule has 30 heavy (non-hydrogen) atoms. The molecule has 2 aliphatic rings. The SMILES string of the molecule is NC(=O)c1c(Br)c(C[CH]C(=O)N2CCC(N3CCCCC3)CC2)cc2oc(=O)[nH]c12. The molecule has 0 unspecified atom stereocenters. The predicted molar refractivity (Wildman–Crippen MR) is 116 cm³/mol. The van der Waals surface area contributed by atoms with E-state index in [-0.39, 0.29) is 22.6 Å². The Morgan fingerprint density at radius 3 is 2.57 bits per heavy atom. The third-order valence-electron chi connectivity index (χ3n) is 6.16. The molecule has 161 valence electrons. The molecular formula is C21H26BrN4O4. The smallest absolute Gasteiger partial charge is 0.408 e. The molecular weight excluding hydrogens is 452 g/mol. The number of H-pyrrole nitrogens is 1. The van der Waals surface area contributed by atoms with Crippen molar-refractivity contribution < 1.29 is 14.0 Å². The molecule has 1 aromatic heterocycles. The number of nitrogens with two attached hydrogens (primary N) is 1. The first-order valence-corrected chi connectivity index (χ1v) is 11.2. The number of nitrogens with one attached hydrogen (secondary N) is 1. The minimum atomic E-state index is -0.683. The van der Waals surface area contributed by atoms with Gasteiger partial charge in [-0.15, -0.1) is 0 Å². The molecule has 0 aliphatic carbocycles. The first-order chi connectivity index (χ1) is 14.4. The van der Waals surface area contributed by atoms with Crippen LogP contribution < -0.4 is 11.5 Å². The lowest BCUT2D eigenvalue weighted by molar-refractivity contribution is -0.129. The summed E-state index contributed by atoms with van der Waals surface area (Å²) in [7, 11) is 0. The number of likely N-dealkylation sites (tertiary alicyclic amines) is 2.